The Morgan fingerprint density at radius 2 is 1.71 bits per heavy atom. The Morgan fingerprint density at radius 3 is 2.38 bits per heavy atom. The largest absolute Gasteiger partial charge is 0.466 e. The standard InChI is InChI=1S/C26H24ClN5O2/c1-34-26(33)22(16-19-8-4-2-5-9-19)18-32-25(29-30-31-32)24(21-12-14-23(27)15-13-21)28-17-20-10-6-3-7-11-20/h2-16,24,28H,17-18H2,1H3/b22-16-. The number of carbonyl (C=O) groups is 1. The first-order valence-corrected chi connectivity index (χ1v) is 11.1. The fraction of sp³-hybridized carbons (Fsp3) is 0.154. The minimum atomic E-state index is -0.439. The number of halogens is 1. The van der Waals surface area contributed by atoms with Crippen molar-refractivity contribution in [1.82, 2.24) is 25.5 Å². The highest BCUT2D eigenvalue weighted by Gasteiger charge is 2.23. The minimum absolute atomic E-state index is 0.154. The quantitative estimate of drug-likeness (QED) is 0.285. The van der Waals surface area contributed by atoms with E-state index in [9.17, 15) is 4.79 Å². The van der Waals surface area contributed by atoms with Gasteiger partial charge in [0.25, 0.3) is 0 Å². The van der Waals surface area contributed by atoms with Crippen LogP contribution in [-0.2, 0) is 22.6 Å². The third-order valence-electron chi connectivity index (χ3n) is 5.28. The van der Waals surface area contributed by atoms with E-state index >= 15 is 0 Å². The molecule has 0 aliphatic rings. The Balaban J connectivity index is 1.66. The first kappa shape index (κ1) is 23.4. The van der Waals surface area contributed by atoms with Crippen molar-refractivity contribution in [3.8, 4) is 0 Å². The topological polar surface area (TPSA) is 81.9 Å². The van der Waals surface area contributed by atoms with Gasteiger partial charge in [0.2, 0.25) is 0 Å². The fourth-order valence-electron chi connectivity index (χ4n) is 3.57. The van der Waals surface area contributed by atoms with Crippen molar-refractivity contribution in [2.45, 2.75) is 19.1 Å². The fourth-order valence-corrected chi connectivity index (χ4v) is 3.70. The number of nitrogens with zero attached hydrogens (tertiary/aromatic N) is 4. The normalized spacial score (nSPS) is 12.4. The SMILES string of the molecule is COC(=O)/C(=C\c1ccccc1)Cn1nnnc1C(NCc1ccccc1)c1ccc(Cl)cc1. The summed E-state index contributed by atoms with van der Waals surface area (Å²) in [5, 5.41) is 16.6. The van der Waals surface area contributed by atoms with Crippen LogP contribution in [0.4, 0.5) is 0 Å². The second-order valence-electron chi connectivity index (χ2n) is 7.62. The number of benzene rings is 3. The molecule has 8 heteroatoms. The van der Waals surface area contributed by atoms with Crippen molar-refractivity contribution in [2.75, 3.05) is 7.11 Å². The van der Waals surface area contributed by atoms with Gasteiger partial charge in [0.15, 0.2) is 5.82 Å². The van der Waals surface area contributed by atoms with Gasteiger partial charge in [-0.3, -0.25) is 5.32 Å². The Labute approximate surface area is 203 Å². The Hall–Kier alpha value is -3.81. The van der Waals surface area contributed by atoms with Gasteiger partial charge in [0.1, 0.15) is 0 Å². The molecule has 0 saturated heterocycles. The van der Waals surface area contributed by atoms with E-state index in [4.69, 9.17) is 16.3 Å². The number of rotatable bonds is 9. The molecule has 1 N–H and O–H groups in total. The highest BCUT2D eigenvalue weighted by molar-refractivity contribution is 6.30. The van der Waals surface area contributed by atoms with E-state index in [0.29, 0.717) is 23.0 Å². The molecule has 0 bridgehead atoms. The summed E-state index contributed by atoms with van der Waals surface area (Å²) >= 11 is 6.12. The molecule has 0 aliphatic carbocycles. The van der Waals surface area contributed by atoms with E-state index in [1.54, 1.807) is 10.8 Å². The lowest BCUT2D eigenvalue weighted by Gasteiger charge is -2.19. The van der Waals surface area contributed by atoms with Crippen molar-refractivity contribution in [2.24, 2.45) is 0 Å². The first-order chi connectivity index (χ1) is 16.6. The van der Waals surface area contributed by atoms with Gasteiger partial charge in [-0.25, -0.2) is 9.48 Å². The van der Waals surface area contributed by atoms with E-state index in [0.717, 1.165) is 16.7 Å². The van der Waals surface area contributed by atoms with Crippen LogP contribution in [0.1, 0.15) is 28.6 Å². The van der Waals surface area contributed by atoms with Gasteiger partial charge in [-0.15, -0.1) is 5.10 Å². The zero-order valence-electron chi connectivity index (χ0n) is 18.6. The molecule has 1 heterocycles. The lowest BCUT2D eigenvalue weighted by atomic mass is 10.1. The lowest BCUT2D eigenvalue weighted by Crippen LogP contribution is -2.26. The van der Waals surface area contributed by atoms with E-state index in [1.807, 2.05) is 84.9 Å². The average molecular weight is 474 g/mol. The average Bonchev–Trinajstić information content (AvgIpc) is 3.33. The van der Waals surface area contributed by atoms with E-state index in [2.05, 4.69) is 20.8 Å². The summed E-state index contributed by atoms with van der Waals surface area (Å²) in [4.78, 5) is 12.5. The van der Waals surface area contributed by atoms with Crippen LogP contribution in [0.15, 0.2) is 90.5 Å². The van der Waals surface area contributed by atoms with Crippen LogP contribution in [0.2, 0.25) is 5.02 Å². The number of methoxy groups -OCH3 is 1. The summed E-state index contributed by atoms with van der Waals surface area (Å²) in [6.45, 7) is 0.756. The van der Waals surface area contributed by atoms with Crippen LogP contribution in [0.5, 0.6) is 0 Å². The number of tetrazole rings is 1. The molecule has 0 radical (unpaired) electrons. The number of aromatic nitrogens is 4. The maximum atomic E-state index is 12.5. The van der Waals surface area contributed by atoms with Gasteiger partial charge in [-0.2, -0.15) is 0 Å². The van der Waals surface area contributed by atoms with Crippen molar-refractivity contribution in [3.05, 3.63) is 118 Å². The number of hydrogen-bond acceptors (Lipinski definition) is 6. The summed E-state index contributed by atoms with van der Waals surface area (Å²) in [5.74, 6) is 0.131. The molecular weight excluding hydrogens is 450 g/mol. The number of carbonyl (C=O) groups excluding carboxylic acids is 1. The van der Waals surface area contributed by atoms with Crippen LogP contribution < -0.4 is 5.32 Å². The molecule has 0 aliphatic heterocycles. The Bertz CT molecular complexity index is 1240. The second kappa shape index (κ2) is 11.4. The molecular formula is C26H24ClN5O2. The maximum absolute atomic E-state index is 12.5. The lowest BCUT2D eigenvalue weighted by molar-refractivity contribution is -0.136. The van der Waals surface area contributed by atoms with Gasteiger partial charge < -0.3 is 4.74 Å². The van der Waals surface area contributed by atoms with Crippen molar-refractivity contribution in [1.29, 1.82) is 0 Å². The molecule has 1 aromatic heterocycles. The van der Waals surface area contributed by atoms with E-state index in [1.165, 1.54) is 7.11 Å². The summed E-state index contributed by atoms with van der Waals surface area (Å²) in [7, 11) is 1.36. The third-order valence-corrected chi connectivity index (χ3v) is 5.53. The van der Waals surface area contributed by atoms with Crippen molar-refractivity contribution in [3.63, 3.8) is 0 Å². The van der Waals surface area contributed by atoms with Crippen molar-refractivity contribution >= 4 is 23.6 Å². The molecule has 4 aromatic rings. The molecule has 0 fully saturated rings. The number of ether oxygens (including phenoxy) is 1. The summed E-state index contributed by atoms with van der Waals surface area (Å²) in [6.07, 6.45) is 1.78. The molecule has 0 saturated carbocycles. The monoisotopic (exact) mass is 473 g/mol. The van der Waals surface area contributed by atoms with Gasteiger partial charge in [0.05, 0.1) is 25.3 Å². The molecule has 7 nitrogen and oxygen atoms in total. The smallest absolute Gasteiger partial charge is 0.335 e. The predicted molar refractivity (Wildman–Crippen MR) is 131 cm³/mol. The molecule has 34 heavy (non-hydrogen) atoms. The van der Waals surface area contributed by atoms with Crippen LogP contribution in [0.3, 0.4) is 0 Å². The molecule has 1 atom stereocenters. The molecule has 0 amide bonds. The highest BCUT2D eigenvalue weighted by Crippen LogP contribution is 2.23. The Morgan fingerprint density at radius 1 is 1.03 bits per heavy atom. The predicted octanol–water partition coefficient (Wildman–Crippen LogP) is 4.46. The molecule has 4 rings (SSSR count). The highest BCUT2D eigenvalue weighted by atomic mass is 35.5. The number of nitrogens with one attached hydrogen (secondary N) is 1. The summed E-state index contributed by atoms with van der Waals surface area (Å²) < 4.78 is 6.63. The number of hydrogen-bond donors (Lipinski definition) is 1. The van der Waals surface area contributed by atoms with Gasteiger partial charge in [-0.05, 0) is 45.3 Å². The second-order valence-corrected chi connectivity index (χ2v) is 8.05. The zero-order chi connectivity index (χ0) is 23.8. The van der Waals surface area contributed by atoms with Gasteiger partial charge >= 0.3 is 5.97 Å². The number of esters is 1. The third kappa shape index (κ3) is 5.95. The zero-order valence-corrected chi connectivity index (χ0v) is 19.4. The molecule has 3 aromatic carbocycles. The Kier molecular flexibility index (Phi) is 7.80. The van der Waals surface area contributed by atoms with Crippen LogP contribution in [0.25, 0.3) is 6.08 Å². The van der Waals surface area contributed by atoms with Crippen LogP contribution >= 0.6 is 11.6 Å². The van der Waals surface area contributed by atoms with Crippen LogP contribution in [-0.4, -0.2) is 33.3 Å². The van der Waals surface area contributed by atoms with E-state index in [-0.39, 0.29) is 12.6 Å². The molecule has 0 spiro atoms. The van der Waals surface area contributed by atoms with Gasteiger partial charge in [0, 0.05) is 11.6 Å². The first-order valence-electron chi connectivity index (χ1n) is 10.8. The van der Waals surface area contributed by atoms with E-state index < -0.39 is 5.97 Å². The molecule has 1 unspecified atom stereocenters. The van der Waals surface area contributed by atoms with Crippen LogP contribution in [0, 0.1) is 0 Å². The summed E-state index contributed by atoms with van der Waals surface area (Å²) in [6, 6.07) is 26.8. The minimum Gasteiger partial charge on any atom is -0.466 e. The summed E-state index contributed by atoms with van der Waals surface area (Å²) in [5.41, 5.74) is 3.39. The maximum Gasteiger partial charge on any atom is 0.335 e. The molecule has 172 valence electrons. The van der Waals surface area contributed by atoms with Gasteiger partial charge in [-0.1, -0.05) is 84.4 Å². The van der Waals surface area contributed by atoms with Crippen molar-refractivity contribution < 1.29 is 9.53 Å².